The smallest absolute Gasteiger partial charge is 0.446 e. The molecule has 0 saturated carbocycles. The van der Waals surface area contributed by atoms with E-state index in [1.54, 1.807) is 0 Å². The summed E-state index contributed by atoms with van der Waals surface area (Å²) in [4.78, 5) is 0. The van der Waals surface area contributed by atoms with Crippen molar-refractivity contribution in [2.45, 2.75) is 0 Å². The zero-order valence-electron chi connectivity index (χ0n) is 9.53. The molecule has 0 fully saturated rings. The first kappa shape index (κ1) is 4.68. The molecule has 0 heterocycles. The summed E-state index contributed by atoms with van der Waals surface area (Å²) in [6.07, 6.45) is 0. The van der Waals surface area contributed by atoms with Crippen LogP contribution in [0.15, 0.2) is 24.2 Å². The van der Waals surface area contributed by atoms with E-state index in [0.29, 0.717) is 0 Å². The first-order chi connectivity index (χ1) is 7.15. The highest BCUT2D eigenvalue weighted by Crippen LogP contribution is 2.25. The third kappa shape index (κ3) is 2.40. The second-order valence-corrected chi connectivity index (χ2v) is 2.71. The summed E-state index contributed by atoms with van der Waals surface area (Å²) in [5, 5.41) is 9.24. The Morgan fingerprint density at radius 2 is 2.00 bits per heavy atom. The molecule has 66 valence electrons. The Labute approximate surface area is 74.8 Å². The number of phenolic OH excluding ortho intramolecular Hbond substituents is 1. The second-order valence-electron chi connectivity index (χ2n) is 1.69. The van der Waals surface area contributed by atoms with E-state index in [0.717, 1.165) is 0 Å². The number of phenols is 1. The van der Waals surface area contributed by atoms with Gasteiger partial charge in [-0.1, -0.05) is 12.1 Å². The average molecular weight is 194 g/mol. The summed E-state index contributed by atoms with van der Waals surface area (Å²) in [7, 11) is -4.98. The number of hydrogen-bond acceptors (Lipinski definition) is 4. The molecule has 1 aromatic rings. The summed E-state index contributed by atoms with van der Waals surface area (Å²) in [6.45, 7) is 0. The average Bonchev–Trinajstić information content (AvgIpc) is 2.17. The minimum atomic E-state index is -4.98. The van der Waals surface area contributed by atoms with Crippen LogP contribution in [-0.2, 0) is 10.4 Å². The molecule has 0 aliphatic rings. The van der Waals surface area contributed by atoms with Crippen LogP contribution in [0.2, 0.25) is 0 Å². The topological polar surface area (TPSA) is 83.8 Å². The van der Waals surface area contributed by atoms with Gasteiger partial charge in [0.15, 0.2) is 11.5 Å². The zero-order chi connectivity index (χ0) is 12.7. The summed E-state index contributed by atoms with van der Waals surface area (Å²) < 4.78 is 61.6. The number of aromatic hydroxyl groups is 1. The molecule has 6 heteroatoms. The van der Waals surface area contributed by atoms with E-state index in [4.69, 9.17) is 10.0 Å². The maximum Gasteiger partial charge on any atom is 0.446 e. The lowest BCUT2D eigenvalue weighted by molar-refractivity contribution is 0.371. The predicted molar refractivity (Wildman–Crippen MR) is 40.3 cm³/mol. The first-order valence-corrected chi connectivity index (χ1v) is 3.98. The highest BCUT2D eigenvalue weighted by Gasteiger charge is 2.09. The van der Waals surface area contributed by atoms with E-state index in [2.05, 4.69) is 4.18 Å². The molecule has 2 N–H and O–H groups in total. The fourth-order valence-electron chi connectivity index (χ4n) is 0.460. The SMILES string of the molecule is [2H]c1c([2H])c([2H])c(OS(=O)(=O)O)c(O)c1[2H]. The van der Waals surface area contributed by atoms with Crippen molar-refractivity contribution < 1.29 is 27.7 Å². The van der Waals surface area contributed by atoms with Crippen LogP contribution in [0.1, 0.15) is 5.48 Å². The second kappa shape index (κ2) is 3.00. The molecule has 1 aromatic carbocycles. The summed E-state index contributed by atoms with van der Waals surface area (Å²) in [6, 6.07) is -3.30. The molecule has 0 atom stereocenters. The van der Waals surface area contributed by atoms with Gasteiger partial charge in [-0.2, -0.15) is 8.42 Å². The van der Waals surface area contributed by atoms with Gasteiger partial charge in [-0.15, -0.1) is 0 Å². The fourth-order valence-corrected chi connectivity index (χ4v) is 0.791. The lowest BCUT2D eigenvalue weighted by atomic mass is 10.3. The van der Waals surface area contributed by atoms with E-state index in [-0.39, 0.29) is 0 Å². The van der Waals surface area contributed by atoms with Crippen molar-refractivity contribution in [3.8, 4) is 11.5 Å². The molecule has 1 rings (SSSR count). The molecule has 0 amide bonds. The van der Waals surface area contributed by atoms with Crippen LogP contribution in [0.4, 0.5) is 0 Å². The van der Waals surface area contributed by atoms with Crippen molar-refractivity contribution in [1.82, 2.24) is 0 Å². The first-order valence-electron chi connectivity index (χ1n) is 4.61. The minimum absolute atomic E-state index is 0.745. The van der Waals surface area contributed by atoms with Crippen LogP contribution < -0.4 is 4.18 Å². The molecule has 0 aliphatic carbocycles. The van der Waals surface area contributed by atoms with Crippen LogP contribution >= 0.6 is 0 Å². The van der Waals surface area contributed by atoms with E-state index in [1.807, 2.05) is 0 Å². The van der Waals surface area contributed by atoms with Gasteiger partial charge in [-0.3, -0.25) is 4.55 Å². The largest absolute Gasteiger partial charge is 0.504 e. The Bertz CT molecular complexity index is 511. The predicted octanol–water partition coefficient (Wildman–Crippen LogP) is 0.574. The van der Waals surface area contributed by atoms with Crippen LogP contribution in [0.25, 0.3) is 0 Å². The highest BCUT2D eigenvalue weighted by atomic mass is 32.3. The monoisotopic (exact) mass is 194 g/mol. The van der Waals surface area contributed by atoms with E-state index < -0.39 is 46.1 Å². The molecule has 12 heavy (non-hydrogen) atoms. The van der Waals surface area contributed by atoms with Crippen molar-refractivity contribution in [3.63, 3.8) is 0 Å². The van der Waals surface area contributed by atoms with Crippen molar-refractivity contribution in [2.24, 2.45) is 0 Å². The van der Waals surface area contributed by atoms with Gasteiger partial charge in [0.2, 0.25) is 0 Å². The van der Waals surface area contributed by atoms with Gasteiger partial charge >= 0.3 is 10.4 Å². The Morgan fingerprint density at radius 1 is 1.42 bits per heavy atom. The van der Waals surface area contributed by atoms with Crippen LogP contribution in [0.3, 0.4) is 0 Å². The third-order valence-corrected chi connectivity index (χ3v) is 1.20. The molecule has 0 saturated heterocycles. The Hall–Kier alpha value is -1.27. The van der Waals surface area contributed by atoms with Gasteiger partial charge in [0.25, 0.3) is 0 Å². The van der Waals surface area contributed by atoms with E-state index in [9.17, 15) is 13.5 Å². The van der Waals surface area contributed by atoms with Crippen LogP contribution in [-0.4, -0.2) is 18.1 Å². The Balaban J connectivity index is 3.52. The lowest BCUT2D eigenvalue weighted by Crippen LogP contribution is -2.06. The minimum Gasteiger partial charge on any atom is -0.504 e. The standard InChI is InChI=1S/C6H6O5S/c7-5-3-1-2-4-6(5)11-12(8,9)10/h1-4,7H,(H,8,9,10)/i1D,2D,3D,4D. The Morgan fingerprint density at radius 3 is 2.58 bits per heavy atom. The quantitative estimate of drug-likeness (QED) is 0.672. The molecule has 0 radical (unpaired) electrons. The molecule has 0 spiro atoms. The summed E-state index contributed by atoms with van der Waals surface area (Å²) in [5.74, 6) is -2.14. The number of benzene rings is 1. The van der Waals surface area contributed by atoms with E-state index >= 15 is 0 Å². The fraction of sp³-hybridized carbons (Fsp3) is 0. The third-order valence-electron chi connectivity index (χ3n) is 0.823. The number of para-hydroxylation sites is 2. The van der Waals surface area contributed by atoms with Crippen molar-refractivity contribution in [1.29, 1.82) is 0 Å². The summed E-state index contributed by atoms with van der Waals surface area (Å²) >= 11 is 0. The van der Waals surface area contributed by atoms with Gasteiger partial charge in [-0.25, -0.2) is 0 Å². The van der Waals surface area contributed by atoms with Gasteiger partial charge in [0.05, 0.1) is 5.48 Å². The number of rotatable bonds is 2. The molecule has 0 aliphatic heterocycles. The number of hydrogen-bond donors (Lipinski definition) is 2. The molecule has 0 bridgehead atoms. The molecular formula is C6H6O5S. The summed E-state index contributed by atoms with van der Waals surface area (Å²) in [5.41, 5.74) is 0. The lowest BCUT2D eigenvalue weighted by Gasteiger charge is -2.01. The van der Waals surface area contributed by atoms with Gasteiger partial charge in [-0.05, 0) is 12.1 Å². The molecule has 0 unspecified atom stereocenters. The maximum absolute atomic E-state index is 10.4. The van der Waals surface area contributed by atoms with Crippen LogP contribution in [0, 0.1) is 0 Å². The van der Waals surface area contributed by atoms with Gasteiger partial charge in [0, 0.05) is 0 Å². The van der Waals surface area contributed by atoms with Crippen molar-refractivity contribution in [3.05, 3.63) is 24.2 Å². The van der Waals surface area contributed by atoms with Crippen molar-refractivity contribution in [2.75, 3.05) is 0 Å². The molecule has 0 aromatic heterocycles. The van der Waals surface area contributed by atoms with Gasteiger partial charge < -0.3 is 9.29 Å². The van der Waals surface area contributed by atoms with E-state index in [1.165, 1.54) is 0 Å². The Kier molecular flexibility index (Phi) is 1.17. The highest BCUT2D eigenvalue weighted by molar-refractivity contribution is 7.81. The maximum atomic E-state index is 10.4. The molecule has 5 nitrogen and oxygen atoms in total. The molecular weight excluding hydrogens is 184 g/mol. The normalized spacial score (nSPS) is 15.8. The van der Waals surface area contributed by atoms with Gasteiger partial charge in [0.1, 0.15) is 0 Å². The van der Waals surface area contributed by atoms with Crippen LogP contribution in [0.5, 0.6) is 11.5 Å². The zero-order valence-corrected chi connectivity index (χ0v) is 6.34. The van der Waals surface area contributed by atoms with Crippen molar-refractivity contribution >= 4 is 10.4 Å².